The molecule has 2 N–H and O–H groups in total. The lowest BCUT2D eigenvalue weighted by Gasteiger charge is -2.26. The topological polar surface area (TPSA) is 112 Å². The molecule has 1 aliphatic heterocycles. The quantitative estimate of drug-likeness (QED) is 0.352. The summed E-state index contributed by atoms with van der Waals surface area (Å²) < 4.78 is 0. The number of hydrogen-bond acceptors (Lipinski definition) is 7. The Morgan fingerprint density at radius 2 is 1.76 bits per heavy atom. The number of aromatic nitrogens is 8. The molecular formula is C28H25N9. The summed E-state index contributed by atoms with van der Waals surface area (Å²) in [5.74, 6) is 0.655. The van der Waals surface area contributed by atoms with Gasteiger partial charge in [0.25, 0.3) is 0 Å². The lowest BCUT2D eigenvalue weighted by atomic mass is 10.1. The summed E-state index contributed by atoms with van der Waals surface area (Å²) >= 11 is 0. The van der Waals surface area contributed by atoms with Gasteiger partial charge < -0.3 is 4.98 Å². The average molecular weight is 488 g/mol. The smallest absolute Gasteiger partial charge is 0.159 e. The minimum Gasteiger partial charge on any atom is -0.335 e. The number of piperidine rings is 1. The van der Waals surface area contributed by atoms with Crippen molar-refractivity contribution in [2.45, 2.75) is 25.8 Å². The van der Waals surface area contributed by atoms with E-state index in [-0.39, 0.29) is 0 Å². The van der Waals surface area contributed by atoms with Crippen molar-refractivity contribution in [2.75, 3.05) is 13.1 Å². The molecule has 7 rings (SSSR count). The molecule has 0 unspecified atom stereocenters. The van der Waals surface area contributed by atoms with Gasteiger partial charge in [-0.1, -0.05) is 12.5 Å². The first-order chi connectivity index (χ1) is 18.3. The molecule has 0 atom stereocenters. The van der Waals surface area contributed by atoms with Crippen LogP contribution in [0, 0.1) is 0 Å². The lowest BCUT2D eigenvalue weighted by molar-refractivity contribution is 0.220. The van der Waals surface area contributed by atoms with E-state index in [9.17, 15) is 0 Å². The zero-order valence-electron chi connectivity index (χ0n) is 20.2. The van der Waals surface area contributed by atoms with Crippen LogP contribution in [0.5, 0.6) is 0 Å². The molecular weight excluding hydrogens is 462 g/mol. The van der Waals surface area contributed by atoms with Crippen molar-refractivity contribution in [1.82, 2.24) is 45.0 Å². The predicted octanol–water partition coefficient (Wildman–Crippen LogP) is 5.01. The fraction of sp³-hybridized carbons (Fsp3) is 0.214. The van der Waals surface area contributed by atoms with Gasteiger partial charge in [0.15, 0.2) is 11.5 Å². The number of hydrogen-bond donors (Lipinski definition) is 2. The highest BCUT2D eigenvalue weighted by Gasteiger charge is 2.17. The molecule has 1 fully saturated rings. The molecule has 37 heavy (non-hydrogen) atoms. The highest BCUT2D eigenvalue weighted by Crippen LogP contribution is 2.31. The Morgan fingerprint density at radius 3 is 2.65 bits per heavy atom. The number of fused-ring (bicyclic) bond motifs is 2. The van der Waals surface area contributed by atoms with E-state index in [1.807, 2.05) is 36.8 Å². The van der Waals surface area contributed by atoms with E-state index in [0.29, 0.717) is 17.2 Å². The van der Waals surface area contributed by atoms with Gasteiger partial charge in [0.05, 0.1) is 22.8 Å². The molecule has 0 saturated carbocycles. The van der Waals surface area contributed by atoms with Crippen LogP contribution in [-0.4, -0.2) is 58.1 Å². The predicted molar refractivity (Wildman–Crippen MR) is 142 cm³/mol. The van der Waals surface area contributed by atoms with Crippen LogP contribution >= 0.6 is 0 Å². The van der Waals surface area contributed by atoms with Crippen LogP contribution in [-0.2, 0) is 6.54 Å². The molecule has 6 aromatic rings. The Balaban J connectivity index is 1.26. The monoisotopic (exact) mass is 487 g/mol. The molecule has 1 saturated heterocycles. The summed E-state index contributed by atoms with van der Waals surface area (Å²) in [6, 6.07) is 10.1. The standard InChI is InChI=1S/C28H25N9/c1-4-8-37(9-5-1)17-18-10-19(13-29-12-18)20-11-21-26(35-36-27(21)32-14-20)28-33-24-16-30-15-22(25(24)34-28)23-6-2-3-7-31-23/h2-3,6-7,10-16H,1,4-5,8-9,17H2,(H,33,34)(H,32,35,36). The number of H-pyrrole nitrogens is 2. The first-order valence-electron chi connectivity index (χ1n) is 12.6. The van der Waals surface area contributed by atoms with E-state index < -0.39 is 0 Å². The fourth-order valence-corrected chi connectivity index (χ4v) is 5.10. The van der Waals surface area contributed by atoms with Gasteiger partial charge in [-0.25, -0.2) is 9.97 Å². The molecule has 182 valence electrons. The molecule has 0 radical (unpaired) electrons. The summed E-state index contributed by atoms with van der Waals surface area (Å²) in [5.41, 5.74) is 8.01. The van der Waals surface area contributed by atoms with Crippen molar-refractivity contribution in [3.63, 3.8) is 0 Å². The van der Waals surface area contributed by atoms with E-state index >= 15 is 0 Å². The number of aromatic amines is 2. The molecule has 0 bridgehead atoms. The van der Waals surface area contributed by atoms with Crippen molar-refractivity contribution in [3.05, 3.63) is 73.1 Å². The Bertz CT molecular complexity index is 1700. The summed E-state index contributed by atoms with van der Waals surface area (Å²) in [6.07, 6.45) is 15.0. The van der Waals surface area contributed by atoms with Gasteiger partial charge in [0.1, 0.15) is 11.2 Å². The third-order valence-corrected chi connectivity index (χ3v) is 6.96. The van der Waals surface area contributed by atoms with Crippen LogP contribution in [0.1, 0.15) is 24.8 Å². The number of likely N-dealkylation sites (tertiary alicyclic amines) is 1. The van der Waals surface area contributed by atoms with Gasteiger partial charge in [-0.05, 0) is 55.8 Å². The third-order valence-electron chi connectivity index (χ3n) is 6.96. The van der Waals surface area contributed by atoms with E-state index in [0.717, 1.165) is 58.4 Å². The Morgan fingerprint density at radius 1 is 0.865 bits per heavy atom. The van der Waals surface area contributed by atoms with Gasteiger partial charge in [0, 0.05) is 54.2 Å². The number of nitrogens with one attached hydrogen (secondary N) is 2. The largest absolute Gasteiger partial charge is 0.335 e. The first-order valence-corrected chi connectivity index (χ1v) is 12.6. The average Bonchev–Trinajstić information content (AvgIpc) is 3.58. The van der Waals surface area contributed by atoms with Gasteiger partial charge in [-0.3, -0.25) is 25.0 Å². The van der Waals surface area contributed by atoms with Gasteiger partial charge in [0.2, 0.25) is 0 Å². The zero-order valence-corrected chi connectivity index (χ0v) is 20.2. The van der Waals surface area contributed by atoms with Crippen molar-refractivity contribution in [3.8, 4) is 33.9 Å². The Kier molecular flexibility index (Phi) is 5.40. The van der Waals surface area contributed by atoms with Crippen molar-refractivity contribution in [2.24, 2.45) is 0 Å². The van der Waals surface area contributed by atoms with Crippen LogP contribution in [0.15, 0.2) is 67.5 Å². The summed E-state index contributed by atoms with van der Waals surface area (Å²) in [5, 5.41) is 8.50. The second kappa shape index (κ2) is 9.18. The first kappa shape index (κ1) is 21.8. The zero-order chi connectivity index (χ0) is 24.6. The SMILES string of the molecule is c1ccc(-c2cncc3[nH]c(-c4n[nH]c5ncc(-c6cncc(CN7CCCCC7)c6)cc45)nc23)nc1. The van der Waals surface area contributed by atoms with Gasteiger partial charge in [-0.2, -0.15) is 5.10 Å². The maximum Gasteiger partial charge on any atom is 0.159 e. The second-order valence-electron chi connectivity index (χ2n) is 9.49. The molecule has 7 heterocycles. The maximum absolute atomic E-state index is 4.90. The Labute approximate surface area is 213 Å². The molecule has 1 aliphatic rings. The number of rotatable bonds is 5. The maximum atomic E-state index is 4.90. The minimum absolute atomic E-state index is 0.655. The summed E-state index contributed by atoms with van der Waals surface area (Å²) in [6.45, 7) is 3.25. The molecule has 0 spiro atoms. The van der Waals surface area contributed by atoms with Gasteiger partial charge in [-0.15, -0.1) is 0 Å². The Hall–Kier alpha value is -4.50. The lowest BCUT2D eigenvalue weighted by Crippen LogP contribution is -2.29. The highest BCUT2D eigenvalue weighted by atomic mass is 15.2. The molecule has 0 aromatic carbocycles. The van der Waals surface area contributed by atoms with E-state index in [2.05, 4.69) is 52.1 Å². The minimum atomic E-state index is 0.655. The molecule has 9 heteroatoms. The highest BCUT2D eigenvalue weighted by molar-refractivity contribution is 5.96. The normalized spacial score (nSPS) is 14.5. The number of pyridine rings is 4. The van der Waals surface area contributed by atoms with E-state index in [1.54, 1.807) is 18.6 Å². The summed E-state index contributed by atoms with van der Waals surface area (Å²) in [7, 11) is 0. The molecule has 0 amide bonds. The third kappa shape index (κ3) is 4.13. The van der Waals surface area contributed by atoms with E-state index in [4.69, 9.17) is 4.98 Å². The molecule has 0 aliphatic carbocycles. The van der Waals surface area contributed by atoms with Gasteiger partial charge >= 0.3 is 0 Å². The second-order valence-corrected chi connectivity index (χ2v) is 9.49. The van der Waals surface area contributed by atoms with Crippen LogP contribution in [0.25, 0.3) is 56.0 Å². The van der Waals surface area contributed by atoms with Crippen LogP contribution < -0.4 is 0 Å². The van der Waals surface area contributed by atoms with Crippen molar-refractivity contribution in [1.29, 1.82) is 0 Å². The van der Waals surface area contributed by atoms with Crippen LogP contribution in [0.3, 0.4) is 0 Å². The van der Waals surface area contributed by atoms with Crippen LogP contribution in [0.4, 0.5) is 0 Å². The van der Waals surface area contributed by atoms with E-state index in [1.165, 1.54) is 24.8 Å². The fourth-order valence-electron chi connectivity index (χ4n) is 5.10. The summed E-state index contributed by atoms with van der Waals surface area (Å²) in [4.78, 5) is 28.8. The van der Waals surface area contributed by atoms with Crippen molar-refractivity contribution < 1.29 is 0 Å². The van der Waals surface area contributed by atoms with Crippen molar-refractivity contribution >= 4 is 22.1 Å². The van der Waals surface area contributed by atoms with Crippen LogP contribution in [0.2, 0.25) is 0 Å². The number of imidazole rings is 1. The molecule has 6 aromatic heterocycles. The number of nitrogens with zero attached hydrogens (tertiary/aromatic N) is 7. The molecule has 9 nitrogen and oxygen atoms in total.